The van der Waals surface area contributed by atoms with Gasteiger partial charge in [-0.15, -0.1) is 10.2 Å². The van der Waals surface area contributed by atoms with Crippen molar-refractivity contribution in [3.63, 3.8) is 0 Å². The second-order valence-electron chi connectivity index (χ2n) is 6.72. The molecule has 31 heavy (non-hydrogen) atoms. The fourth-order valence-electron chi connectivity index (χ4n) is 3.27. The number of amides is 1. The molecule has 0 atom stereocenters. The fourth-order valence-corrected chi connectivity index (χ4v) is 6.58. The van der Waals surface area contributed by atoms with Crippen LogP contribution in [0.4, 0.5) is 0 Å². The van der Waals surface area contributed by atoms with E-state index in [0.29, 0.717) is 21.5 Å². The molecule has 1 amide bonds. The second kappa shape index (κ2) is 8.87. The van der Waals surface area contributed by atoms with Crippen molar-refractivity contribution in [2.24, 2.45) is 0 Å². The summed E-state index contributed by atoms with van der Waals surface area (Å²) < 4.78 is 33.1. The van der Waals surface area contributed by atoms with Gasteiger partial charge in [0.05, 0.1) is 10.0 Å². The number of hydrogen-bond donors (Lipinski definition) is 0. The molecule has 0 N–H and O–H groups in total. The van der Waals surface area contributed by atoms with E-state index in [9.17, 15) is 13.2 Å². The third-order valence-electron chi connectivity index (χ3n) is 4.83. The minimum atomic E-state index is -3.90. The lowest BCUT2D eigenvalue weighted by molar-refractivity contribution is 0.0698. The first-order valence-corrected chi connectivity index (χ1v) is 12.1. The Labute approximate surface area is 196 Å². The molecule has 4 rings (SSSR count). The third kappa shape index (κ3) is 4.49. The molecule has 0 radical (unpaired) electrons. The Morgan fingerprint density at radius 1 is 1.03 bits per heavy atom. The molecule has 0 bridgehead atoms. The first kappa shape index (κ1) is 22.2. The molecular formula is C19H15BrCl2N4O4S. The van der Waals surface area contributed by atoms with E-state index in [4.69, 9.17) is 27.6 Å². The first-order chi connectivity index (χ1) is 14.8. The molecule has 2 aromatic carbocycles. The number of hydrogen-bond acceptors (Lipinski definition) is 6. The topological polar surface area (TPSA) is 96.6 Å². The van der Waals surface area contributed by atoms with Crippen LogP contribution in [0.25, 0.3) is 11.5 Å². The van der Waals surface area contributed by atoms with E-state index in [0.717, 1.165) is 0 Å². The molecule has 1 aliphatic rings. The van der Waals surface area contributed by atoms with Crippen LogP contribution in [0, 0.1) is 0 Å². The number of rotatable bonds is 4. The lowest BCUT2D eigenvalue weighted by Gasteiger charge is -2.34. The Morgan fingerprint density at radius 3 is 2.19 bits per heavy atom. The maximum Gasteiger partial charge on any atom is 0.253 e. The van der Waals surface area contributed by atoms with E-state index in [1.807, 2.05) is 0 Å². The highest BCUT2D eigenvalue weighted by Crippen LogP contribution is 2.35. The van der Waals surface area contributed by atoms with Crippen molar-refractivity contribution in [2.45, 2.75) is 4.90 Å². The SMILES string of the molecule is O=C(c1ccc(-c2nnco2)cc1)N1CCN(S(=O)(=O)c2c(Cl)cc(Br)cc2Cl)CC1. The van der Waals surface area contributed by atoms with Gasteiger partial charge in [0.15, 0.2) is 0 Å². The highest BCUT2D eigenvalue weighted by Gasteiger charge is 2.33. The molecule has 3 aromatic rings. The predicted molar refractivity (Wildman–Crippen MR) is 119 cm³/mol. The van der Waals surface area contributed by atoms with Gasteiger partial charge in [-0.25, -0.2) is 8.42 Å². The number of sulfonamides is 1. The molecule has 0 saturated carbocycles. The van der Waals surface area contributed by atoms with Crippen molar-refractivity contribution in [1.29, 1.82) is 0 Å². The Balaban J connectivity index is 1.45. The number of nitrogens with zero attached hydrogens (tertiary/aromatic N) is 4. The van der Waals surface area contributed by atoms with Gasteiger partial charge in [0.2, 0.25) is 22.3 Å². The van der Waals surface area contributed by atoms with Crippen LogP contribution >= 0.6 is 39.1 Å². The highest BCUT2D eigenvalue weighted by atomic mass is 79.9. The van der Waals surface area contributed by atoms with Crippen LogP contribution in [0.2, 0.25) is 10.0 Å². The average Bonchev–Trinajstić information content (AvgIpc) is 3.27. The fraction of sp³-hybridized carbons (Fsp3) is 0.211. The van der Waals surface area contributed by atoms with Gasteiger partial charge < -0.3 is 9.32 Å². The third-order valence-corrected chi connectivity index (χ3v) is 8.10. The van der Waals surface area contributed by atoms with Crippen LogP contribution in [-0.2, 0) is 10.0 Å². The highest BCUT2D eigenvalue weighted by molar-refractivity contribution is 9.10. The van der Waals surface area contributed by atoms with Gasteiger partial charge in [0.1, 0.15) is 4.90 Å². The second-order valence-corrected chi connectivity index (χ2v) is 10.3. The van der Waals surface area contributed by atoms with E-state index in [1.165, 1.54) is 22.8 Å². The summed E-state index contributed by atoms with van der Waals surface area (Å²) in [4.78, 5) is 14.3. The van der Waals surface area contributed by atoms with E-state index in [2.05, 4.69) is 26.1 Å². The summed E-state index contributed by atoms with van der Waals surface area (Å²) in [6.07, 6.45) is 1.23. The van der Waals surface area contributed by atoms with Crippen LogP contribution in [0.3, 0.4) is 0 Å². The summed E-state index contributed by atoms with van der Waals surface area (Å²) in [6, 6.07) is 9.76. The first-order valence-electron chi connectivity index (χ1n) is 9.08. The van der Waals surface area contributed by atoms with Crippen molar-refractivity contribution in [3.8, 4) is 11.5 Å². The van der Waals surface area contributed by atoms with Gasteiger partial charge in [-0.1, -0.05) is 39.1 Å². The summed E-state index contributed by atoms with van der Waals surface area (Å²) in [5.74, 6) is 0.178. The van der Waals surface area contributed by atoms with E-state index >= 15 is 0 Å². The van der Waals surface area contributed by atoms with Gasteiger partial charge in [-0.3, -0.25) is 4.79 Å². The zero-order valence-corrected chi connectivity index (χ0v) is 19.7. The Kier molecular flexibility index (Phi) is 6.36. The van der Waals surface area contributed by atoms with Gasteiger partial charge >= 0.3 is 0 Å². The minimum absolute atomic E-state index is 0.0409. The molecule has 1 aromatic heterocycles. The summed E-state index contributed by atoms with van der Waals surface area (Å²) in [5, 5.41) is 7.54. The number of carbonyl (C=O) groups excluding carboxylic acids is 1. The Bertz CT molecular complexity index is 1190. The minimum Gasteiger partial charge on any atom is -0.423 e. The smallest absolute Gasteiger partial charge is 0.253 e. The van der Waals surface area contributed by atoms with Crippen LogP contribution < -0.4 is 0 Å². The molecule has 162 valence electrons. The zero-order valence-electron chi connectivity index (χ0n) is 15.8. The molecule has 2 heterocycles. The van der Waals surface area contributed by atoms with E-state index in [1.54, 1.807) is 29.2 Å². The Hall–Kier alpha value is -1.98. The maximum absolute atomic E-state index is 13.1. The Morgan fingerprint density at radius 2 is 1.65 bits per heavy atom. The number of piperazine rings is 1. The molecule has 0 aliphatic carbocycles. The quantitative estimate of drug-likeness (QED) is 0.492. The van der Waals surface area contributed by atoms with E-state index < -0.39 is 10.0 Å². The lowest BCUT2D eigenvalue weighted by Crippen LogP contribution is -2.50. The molecule has 1 saturated heterocycles. The standard InChI is InChI=1S/C19H15BrCl2N4O4S/c20-14-9-15(21)17(16(22)10-14)31(28,29)26-7-5-25(6-8-26)19(27)13-3-1-12(2-4-13)18-24-23-11-30-18/h1-4,9-11H,5-8H2. The van der Waals surface area contributed by atoms with Gasteiger partial charge in [-0.2, -0.15) is 4.31 Å². The van der Waals surface area contributed by atoms with Crippen molar-refractivity contribution >= 4 is 55.1 Å². The van der Waals surface area contributed by atoms with Crippen LogP contribution in [-0.4, -0.2) is 59.9 Å². The van der Waals surface area contributed by atoms with Gasteiger partial charge in [0.25, 0.3) is 5.91 Å². The van der Waals surface area contributed by atoms with Crippen molar-refractivity contribution < 1.29 is 17.6 Å². The number of halogens is 3. The largest absolute Gasteiger partial charge is 0.423 e. The molecule has 12 heteroatoms. The molecule has 0 spiro atoms. The van der Waals surface area contributed by atoms with Gasteiger partial charge in [-0.05, 0) is 36.4 Å². The molecule has 8 nitrogen and oxygen atoms in total. The van der Waals surface area contributed by atoms with Gasteiger partial charge in [0, 0.05) is 41.8 Å². The summed E-state index contributed by atoms with van der Waals surface area (Å²) in [5.41, 5.74) is 1.19. The lowest BCUT2D eigenvalue weighted by atomic mass is 10.1. The monoisotopic (exact) mass is 544 g/mol. The molecule has 1 aliphatic heterocycles. The van der Waals surface area contributed by atoms with Crippen molar-refractivity contribution in [1.82, 2.24) is 19.4 Å². The predicted octanol–water partition coefficient (Wildman–Crippen LogP) is 3.95. The van der Waals surface area contributed by atoms with Crippen LogP contribution in [0.5, 0.6) is 0 Å². The average molecular weight is 546 g/mol. The van der Waals surface area contributed by atoms with Crippen molar-refractivity contribution in [3.05, 3.63) is 62.9 Å². The number of carbonyl (C=O) groups is 1. The normalized spacial score (nSPS) is 15.3. The van der Waals surface area contributed by atoms with E-state index in [-0.39, 0.29) is 47.0 Å². The van der Waals surface area contributed by atoms with Crippen LogP contribution in [0.1, 0.15) is 10.4 Å². The molecule has 0 unspecified atom stereocenters. The van der Waals surface area contributed by atoms with Crippen molar-refractivity contribution in [2.75, 3.05) is 26.2 Å². The number of aromatic nitrogens is 2. The maximum atomic E-state index is 13.1. The summed E-state index contributed by atoms with van der Waals surface area (Å²) >= 11 is 15.5. The summed E-state index contributed by atoms with van der Waals surface area (Å²) in [6.45, 7) is 0.762. The number of benzene rings is 2. The molecular weight excluding hydrogens is 531 g/mol. The zero-order chi connectivity index (χ0) is 22.2. The summed E-state index contributed by atoms with van der Waals surface area (Å²) in [7, 11) is -3.90. The van der Waals surface area contributed by atoms with Crippen LogP contribution in [0.15, 0.2) is 56.6 Å². The molecule has 1 fully saturated rings.